The van der Waals surface area contributed by atoms with Gasteiger partial charge in [-0.1, -0.05) is 0 Å². The normalized spacial score (nSPS) is 12.0. The first-order valence-electron chi connectivity index (χ1n) is 7.15. The van der Waals surface area contributed by atoms with Crippen LogP contribution in [-0.2, 0) is 25.2 Å². The van der Waals surface area contributed by atoms with Gasteiger partial charge in [0, 0.05) is 5.69 Å². The van der Waals surface area contributed by atoms with E-state index in [9.17, 15) is 27.6 Å². The maximum absolute atomic E-state index is 12.5. The highest BCUT2D eigenvalue weighted by atomic mass is 19.4. The number of hydrogen-bond donors (Lipinski definition) is 2. The summed E-state index contributed by atoms with van der Waals surface area (Å²) in [7, 11) is 1.06. The number of hydrogen-bond acceptors (Lipinski definition) is 6. The monoisotopic (exact) mass is 362 g/mol. The van der Waals surface area contributed by atoms with Gasteiger partial charge in [0.2, 0.25) is 5.91 Å². The highest BCUT2D eigenvalue weighted by Gasteiger charge is 2.30. The summed E-state index contributed by atoms with van der Waals surface area (Å²) in [6.07, 6.45) is -5.96. The number of imide groups is 1. The Labute approximate surface area is 141 Å². The van der Waals surface area contributed by atoms with Crippen LogP contribution in [0.15, 0.2) is 24.3 Å². The van der Waals surface area contributed by atoms with Gasteiger partial charge in [-0.05, 0) is 31.2 Å². The van der Waals surface area contributed by atoms with E-state index in [4.69, 9.17) is 4.74 Å². The number of carbonyl (C=O) groups is 3. The van der Waals surface area contributed by atoms with Crippen molar-refractivity contribution in [3.05, 3.63) is 29.8 Å². The summed E-state index contributed by atoms with van der Waals surface area (Å²) in [4.78, 5) is 34.6. The zero-order valence-electron chi connectivity index (χ0n) is 13.5. The average Bonchev–Trinajstić information content (AvgIpc) is 2.53. The van der Waals surface area contributed by atoms with Gasteiger partial charge in [-0.25, -0.2) is 9.59 Å². The Hall–Kier alpha value is -2.78. The number of alkyl carbamates (subject to hydrolysis) is 1. The summed E-state index contributed by atoms with van der Waals surface area (Å²) in [5, 5.41) is 4.48. The molecule has 0 aromatic heterocycles. The zero-order chi connectivity index (χ0) is 19.0. The van der Waals surface area contributed by atoms with E-state index in [2.05, 4.69) is 10.1 Å². The number of anilines is 1. The summed E-state index contributed by atoms with van der Waals surface area (Å²) >= 11 is 0. The van der Waals surface area contributed by atoms with Crippen LogP contribution in [0.2, 0.25) is 0 Å². The molecule has 1 aromatic rings. The lowest BCUT2D eigenvalue weighted by atomic mass is 10.1. The summed E-state index contributed by atoms with van der Waals surface area (Å²) in [6, 6.07) is 2.71. The van der Waals surface area contributed by atoms with Gasteiger partial charge in [0.05, 0.1) is 25.7 Å². The first-order valence-corrected chi connectivity index (χ1v) is 7.15. The number of esters is 1. The topological polar surface area (TPSA) is 93.7 Å². The molecule has 0 fully saturated rings. The molecule has 1 aromatic carbocycles. The Morgan fingerprint density at radius 2 is 1.76 bits per heavy atom. The van der Waals surface area contributed by atoms with Crippen LogP contribution in [0.5, 0.6) is 0 Å². The van der Waals surface area contributed by atoms with Gasteiger partial charge in [0.15, 0.2) is 0 Å². The fraction of sp³-hybridized carbons (Fsp3) is 0.400. The van der Waals surface area contributed by atoms with Gasteiger partial charge in [0.25, 0.3) is 0 Å². The lowest BCUT2D eigenvalue weighted by Crippen LogP contribution is -2.39. The predicted molar refractivity (Wildman–Crippen MR) is 80.7 cm³/mol. The second kappa shape index (κ2) is 8.90. The Kier molecular flexibility index (Phi) is 7.22. The minimum Gasteiger partial charge on any atom is -0.464 e. The van der Waals surface area contributed by atoms with Crippen molar-refractivity contribution in [2.45, 2.75) is 25.6 Å². The fourth-order valence-electron chi connectivity index (χ4n) is 1.79. The molecule has 1 atom stereocenters. The second-order valence-electron chi connectivity index (χ2n) is 4.77. The predicted octanol–water partition coefficient (Wildman–Crippen LogP) is 2.32. The SMILES string of the molecule is CCOC(=O)[C@H](CC(=O)NC(=O)OC)Nc1ccc(C(F)(F)F)cc1. The van der Waals surface area contributed by atoms with Crippen LogP contribution in [0.3, 0.4) is 0 Å². The molecule has 7 nitrogen and oxygen atoms in total. The number of benzene rings is 1. The molecule has 138 valence electrons. The van der Waals surface area contributed by atoms with Crippen LogP contribution in [0.1, 0.15) is 18.9 Å². The first kappa shape index (κ1) is 20.3. The summed E-state index contributed by atoms with van der Waals surface area (Å²) in [6.45, 7) is 1.60. The van der Waals surface area contributed by atoms with Crippen LogP contribution in [0.4, 0.5) is 23.7 Å². The van der Waals surface area contributed by atoms with Gasteiger partial charge in [0.1, 0.15) is 6.04 Å². The number of ether oxygens (including phenoxy) is 2. The Morgan fingerprint density at radius 3 is 2.24 bits per heavy atom. The maximum Gasteiger partial charge on any atom is 0.416 e. The van der Waals surface area contributed by atoms with Crippen LogP contribution >= 0.6 is 0 Å². The molecule has 0 aliphatic heterocycles. The van der Waals surface area contributed by atoms with E-state index in [1.807, 2.05) is 5.32 Å². The minimum atomic E-state index is -4.49. The van der Waals surface area contributed by atoms with Crippen molar-refractivity contribution in [3.63, 3.8) is 0 Å². The molecule has 0 bridgehead atoms. The molecule has 10 heteroatoms. The smallest absolute Gasteiger partial charge is 0.416 e. The van der Waals surface area contributed by atoms with E-state index in [1.54, 1.807) is 6.92 Å². The second-order valence-corrected chi connectivity index (χ2v) is 4.77. The van der Waals surface area contributed by atoms with E-state index < -0.39 is 42.2 Å². The number of nitrogens with one attached hydrogen (secondary N) is 2. The highest BCUT2D eigenvalue weighted by Crippen LogP contribution is 2.30. The largest absolute Gasteiger partial charge is 0.464 e. The number of carbonyl (C=O) groups excluding carboxylic acids is 3. The molecule has 1 rings (SSSR count). The number of halogens is 3. The standard InChI is InChI=1S/C15H17F3N2O5/c1-3-25-13(22)11(8-12(21)20-14(23)24-2)19-10-6-4-9(5-7-10)15(16,17)18/h4-7,11,19H,3,8H2,1-2H3,(H,20,21,23)/t11-/m0/s1. The first-order chi connectivity index (χ1) is 11.7. The van der Waals surface area contributed by atoms with Crippen molar-refractivity contribution in [1.29, 1.82) is 0 Å². The zero-order valence-corrected chi connectivity index (χ0v) is 13.5. The number of alkyl halides is 3. The third-order valence-electron chi connectivity index (χ3n) is 2.94. The lowest BCUT2D eigenvalue weighted by molar-refractivity contribution is -0.145. The minimum absolute atomic E-state index is 0.0443. The van der Waals surface area contributed by atoms with Crippen molar-refractivity contribution in [2.75, 3.05) is 19.0 Å². The summed E-state index contributed by atoms with van der Waals surface area (Å²) in [5.41, 5.74) is -0.675. The molecular weight excluding hydrogens is 345 g/mol. The van der Waals surface area contributed by atoms with Gasteiger partial charge in [-0.3, -0.25) is 10.1 Å². The molecule has 0 saturated heterocycles. The molecule has 25 heavy (non-hydrogen) atoms. The van der Waals surface area contributed by atoms with E-state index in [0.29, 0.717) is 0 Å². The summed E-state index contributed by atoms with van der Waals surface area (Å²) < 4.78 is 46.7. The average molecular weight is 362 g/mol. The number of rotatable bonds is 6. The van der Waals surface area contributed by atoms with Crippen LogP contribution in [0, 0.1) is 0 Å². The summed E-state index contributed by atoms with van der Waals surface area (Å²) in [5.74, 6) is -1.60. The van der Waals surface area contributed by atoms with Crippen LogP contribution in [0.25, 0.3) is 0 Å². The molecule has 0 aliphatic carbocycles. The van der Waals surface area contributed by atoms with Crippen molar-refractivity contribution < 1.29 is 37.0 Å². The number of amides is 2. The molecule has 0 aliphatic rings. The number of methoxy groups -OCH3 is 1. The molecule has 0 saturated carbocycles. The molecular formula is C15H17F3N2O5. The van der Waals surface area contributed by atoms with E-state index >= 15 is 0 Å². The quantitative estimate of drug-likeness (QED) is 0.755. The van der Waals surface area contributed by atoms with Gasteiger partial charge < -0.3 is 14.8 Å². The third-order valence-corrected chi connectivity index (χ3v) is 2.94. The van der Waals surface area contributed by atoms with Crippen molar-refractivity contribution >= 4 is 23.7 Å². The van der Waals surface area contributed by atoms with Crippen LogP contribution in [-0.4, -0.2) is 37.7 Å². The van der Waals surface area contributed by atoms with Gasteiger partial charge in [-0.2, -0.15) is 13.2 Å². The maximum atomic E-state index is 12.5. The molecule has 0 unspecified atom stereocenters. The Morgan fingerprint density at radius 1 is 1.16 bits per heavy atom. The van der Waals surface area contributed by atoms with E-state index in [0.717, 1.165) is 31.4 Å². The van der Waals surface area contributed by atoms with Gasteiger partial charge in [-0.15, -0.1) is 0 Å². The van der Waals surface area contributed by atoms with Crippen molar-refractivity contribution in [3.8, 4) is 0 Å². The highest BCUT2D eigenvalue weighted by molar-refractivity contribution is 5.95. The molecule has 0 heterocycles. The fourth-order valence-corrected chi connectivity index (χ4v) is 1.79. The van der Waals surface area contributed by atoms with Crippen molar-refractivity contribution in [1.82, 2.24) is 5.32 Å². The van der Waals surface area contributed by atoms with Crippen molar-refractivity contribution in [2.24, 2.45) is 0 Å². The Balaban J connectivity index is 2.84. The lowest BCUT2D eigenvalue weighted by Gasteiger charge is -2.18. The molecule has 2 N–H and O–H groups in total. The van der Waals surface area contributed by atoms with E-state index in [1.165, 1.54) is 0 Å². The van der Waals surface area contributed by atoms with E-state index in [-0.39, 0.29) is 12.3 Å². The molecule has 0 radical (unpaired) electrons. The Bertz CT molecular complexity index is 617. The van der Waals surface area contributed by atoms with Gasteiger partial charge >= 0.3 is 18.2 Å². The van der Waals surface area contributed by atoms with Crippen LogP contribution < -0.4 is 10.6 Å². The molecule has 0 spiro atoms. The third kappa shape index (κ3) is 6.69. The molecule has 2 amide bonds.